The van der Waals surface area contributed by atoms with Crippen LogP contribution in [-0.2, 0) is 20.9 Å². The number of ether oxygens (including phenoxy) is 1. The van der Waals surface area contributed by atoms with Crippen molar-refractivity contribution in [1.82, 2.24) is 10.2 Å². The van der Waals surface area contributed by atoms with Gasteiger partial charge in [-0.3, -0.25) is 9.59 Å². The summed E-state index contributed by atoms with van der Waals surface area (Å²) >= 11 is 6.41. The molecule has 1 heterocycles. The Kier molecular flexibility index (Phi) is 7.82. The molecule has 0 saturated heterocycles. The molecule has 6 nitrogen and oxygen atoms in total. The maximum Gasteiger partial charge on any atom is 0.336 e. The molecule has 1 N–H and O–H groups in total. The van der Waals surface area contributed by atoms with E-state index < -0.39 is 11.9 Å². The van der Waals surface area contributed by atoms with Crippen LogP contribution in [0, 0.1) is 0 Å². The summed E-state index contributed by atoms with van der Waals surface area (Å²) in [5, 5.41) is 3.44. The van der Waals surface area contributed by atoms with Crippen molar-refractivity contribution < 1.29 is 19.1 Å². The first kappa shape index (κ1) is 25.5. The van der Waals surface area contributed by atoms with E-state index in [-0.39, 0.29) is 36.9 Å². The first-order valence-corrected chi connectivity index (χ1v) is 11.7. The van der Waals surface area contributed by atoms with E-state index in [1.807, 2.05) is 51.1 Å². The molecule has 1 aliphatic heterocycles. The standard InChI is InChI=1S/C27H31ClN2O4/c1-6-34-26(33)24-17(2)30(23(31)15-21(24)20-9-7-8-10-22(20)28)16-18-11-13-19(14-12-18)25(32)29-27(3,4)5/h7-14,21H,6,15-16H2,1-5H3,(H,29,32). The Morgan fingerprint density at radius 2 is 1.76 bits per heavy atom. The van der Waals surface area contributed by atoms with Crippen molar-refractivity contribution in [2.45, 2.75) is 59.0 Å². The zero-order valence-corrected chi connectivity index (χ0v) is 21.0. The van der Waals surface area contributed by atoms with E-state index >= 15 is 0 Å². The molecule has 0 aromatic heterocycles. The highest BCUT2D eigenvalue weighted by Crippen LogP contribution is 2.40. The van der Waals surface area contributed by atoms with Crippen LogP contribution in [0.1, 0.15) is 68.4 Å². The summed E-state index contributed by atoms with van der Waals surface area (Å²) in [6, 6.07) is 14.4. The van der Waals surface area contributed by atoms with Gasteiger partial charge in [-0.15, -0.1) is 0 Å². The van der Waals surface area contributed by atoms with Crippen molar-refractivity contribution in [3.8, 4) is 0 Å². The summed E-state index contributed by atoms with van der Waals surface area (Å²) in [6.45, 7) is 9.80. The van der Waals surface area contributed by atoms with Gasteiger partial charge >= 0.3 is 5.97 Å². The van der Waals surface area contributed by atoms with Crippen molar-refractivity contribution in [3.63, 3.8) is 0 Å². The van der Waals surface area contributed by atoms with Gasteiger partial charge in [0.25, 0.3) is 5.91 Å². The summed E-state index contributed by atoms with van der Waals surface area (Å²) in [7, 11) is 0. The van der Waals surface area contributed by atoms with Crippen LogP contribution in [0.2, 0.25) is 5.02 Å². The van der Waals surface area contributed by atoms with Gasteiger partial charge in [0, 0.05) is 34.2 Å². The second kappa shape index (κ2) is 10.4. The van der Waals surface area contributed by atoms with Crippen LogP contribution in [0.15, 0.2) is 59.8 Å². The molecule has 7 heteroatoms. The molecule has 1 unspecified atom stereocenters. The van der Waals surface area contributed by atoms with Crippen LogP contribution in [0.5, 0.6) is 0 Å². The van der Waals surface area contributed by atoms with E-state index in [4.69, 9.17) is 16.3 Å². The molecule has 0 fully saturated rings. The van der Waals surface area contributed by atoms with Gasteiger partial charge in [0.15, 0.2) is 0 Å². The number of esters is 1. The fraction of sp³-hybridized carbons (Fsp3) is 0.370. The number of nitrogens with one attached hydrogen (secondary N) is 1. The quantitative estimate of drug-likeness (QED) is 0.572. The molecule has 0 aliphatic carbocycles. The van der Waals surface area contributed by atoms with Gasteiger partial charge in [-0.1, -0.05) is 41.9 Å². The van der Waals surface area contributed by atoms with E-state index in [9.17, 15) is 14.4 Å². The lowest BCUT2D eigenvalue weighted by molar-refractivity contribution is -0.140. The van der Waals surface area contributed by atoms with Gasteiger partial charge in [-0.2, -0.15) is 0 Å². The summed E-state index contributed by atoms with van der Waals surface area (Å²) in [4.78, 5) is 40.1. The fourth-order valence-corrected chi connectivity index (χ4v) is 4.32. The zero-order valence-electron chi connectivity index (χ0n) is 20.3. The maximum atomic E-state index is 13.2. The van der Waals surface area contributed by atoms with E-state index in [0.717, 1.165) is 11.1 Å². The number of hydrogen-bond acceptors (Lipinski definition) is 4. The number of rotatable bonds is 6. The van der Waals surface area contributed by atoms with Crippen LogP contribution < -0.4 is 5.32 Å². The van der Waals surface area contributed by atoms with Crippen LogP contribution in [0.4, 0.5) is 0 Å². The van der Waals surface area contributed by atoms with Gasteiger partial charge in [0.2, 0.25) is 5.91 Å². The number of carbonyl (C=O) groups excluding carboxylic acids is 3. The summed E-state index contributed by atoms with van der Waals surface area (Å²) in [5.41, 5.74) is 2.78. The highest BCUT2D eigenvalue weighted by molar-refractivity contribution is 6.31. The lowest BCUT2D eigenvalue weighted by Gasteiger charge is -2.34. The molecule has 0 bridgehead atoms. The van der Waals surface area contributed by atoms with Crippen molar-refractivity contribution in [3.05, 3.63) is 81.5 Å². The predicted octanol–water partition coefficient (Wildman–Crippen LogP) is 5.22. The normalized spacial score (nSPS) is 16.5. The average Bonchev–Trinajstić information content (AvgIpc) is 2.76. The highest BCUT2D eigenvalue weighted by atomic mass is 35.5. The maximum absolute atomic E-state index is 13.2. The third-order valence-electron chi connectivity index (χ3n) is 5.64. The molecule has 0 radical (unpaired) electrons. The minimum atomic E-state index is -0.472. The van der Waals surface area contributed by atoms with Crippen molar-refractivity contribution >= 4 is 29.4 Å². The van der Waals surface area contributed by atoms with Crippen LogP contribution in [0.25, 0.3) is 0 Å². The molecule has 180 valence electrons. The molecule has 1 aliphatic rings. The molecule has 1 atom stereocenters. The number of nitrogens with zero attached hydrogens (tertiary/aromatic N) is 1. The molecule has 0 saturated carbocycles. The predicted molar refractivity (Wildman–Crippen MR) is 132 cm³/mol. The van der Waals surface area contributed by atoms with Gasteiger partial charge in [-0.05, 0) is 63.9 Å². The number of halogens is 1. The fourth-order valence-electron chi connectivity index (χ4n) is 4.06. The van der Waals surface area contributed by atoms with E-state index in [2.05, 4.69) is 5.32 Å². The van der Waals surface area contributed by atoms with Crippen molar-refractivity contribution in [1.29, 1.82) is 0 Å². The molecule has 0 spiro atoms. The monoisotopic (exact) mass is 482 g/mol. The lowest BCUT2D eigenvalue weighted by atomic mass is 9.83. The summed E-state index contributed by atoms with van der Waals surface area (Å²) in [6.07, 6.45) is 0.112. The number of amides is 2. The van der Waals surface area contributed by atoms with Gasteiger partial charge in [0.1, 0.15) is 0 Å². The lowest BCUT2D eigenvalue weighted by Crippen LogP contribution is -2.40. The molecular formula is C27H31ClN2O4. The molecule has 2 amide bonds. The highest BCUT2D eigenvalue weighted by Gasteiger charge is 2.37. The minimum Gasteiger partial charge on any atom is -0.463 e. The second-order valence-electron chi connectivity index (χ2n) is 9.38. The van der Waals surface area contributed by atoms with Gasteiger partial charge in [-0.25, -0.2) is 4.79 Å². The SMILES string of the molecule is CCOC(=O)C1=C(C)N(Cc2ccc(C(=O)NC(C)(C)C)cc2)C(=O)CC1c1ccccc1Cl. The molecule has 34 heavy (non-hydrogen) atoms. The van der Waals surface area contributed by atoms with Crippen LogP contribution >= 0.6 is 11.6 Å². The third-order valence-corrected chi connectivity index (χ3v) is 5.99. The van der Waals surface area contributed by atoms with Gasteiger partial charge in [0.05, 0.1) is 18.7 Å². The third kappa shape index (κ3) is 5.86. The average molecular weight is 483 g/mol. The Bertz CT molecular complexity index is 1120. The Labute approximate surface area is 205 Å². The molecule has 2 aromatic carbocycles. The number of carbonyl (C=O) groups is 3. The largest absolute Gasteiger partial charge is 0.463 e. The number of hydrogen-bond donors (Lipinski definition) is 1. The smallest absolute Gasteiger partial charge is 0.336 e. The zero-order chi connectivity index (χ0) is 25.0. The Morgan fingerprint density at radius 1 is 1.12 bits per heavy atom. The summed E-state index contributed by atoms with van der Waals surface area (Å²) < 4.78 is 5.34. The second-order valence-corrected chi connectivity index (χ2v) is 9.79. The van der Waals surface area contributed by atoms with Crippen molar-refractivity contribution in [2.24, 2.45) is 0 Å². The number of allylic oxidation sites excluding steroid dienone is 1. The van der Waals surface area contributed by atoms with Crippen LogP contribution in [-0.4, -0.2) is 34.8 Å². The van der Waals surface area contributed by atoms with E-state index in [1.54, 1.807) is 36.9 Å². The molecule has 2 aromatic rings. The topological polar surface area (TPSA) is 75.7 Å². The summed E-state index contributed by atoms with van der Waals surface area (Å²) in [5.74, 6) is -1.18. The Morgan fingerprint density at radius 3 is 2.35 bits per heavy atom. The minimum absolute atomic E-state index is 0.106. The van der Waals surface area contributed by atoms with Crippen molar-refractivity contribution in [2.75, 3.05) is 6.61 Å². The number of benzene rings is 2. The molecular weight excluding hydrogens is 452 g/mol. The van der Waals surface area contributed by atoms with Gasteiger partial charge < -0.3 is 15.0 Å². The van der Waals surface area contributed by atoms with E-state index in [1.165, 1.54) is 0 Å². The van der Waals surface area contributed by atoms with Crippen LogP contribution in [0.3, 0.4) is 0 Å². The first-order chi connectivity index (χ1) is 16.0. The Balaban J connectivity index is 1.91. The Hall–Kier alpha value is -3.12. The first-order valence-electron chi connectivity index (χ1n) is 11.4. The molecule has 3 rings (SSSR count). The van der Waals surface area contributed by atoms with E-state index in [0.29, 0.717) is 21.9 Å².